The molecule has 0 atom stereocenters. The Bertz CT molecular complexity index is 582. The van der Waals surface area contributed by atoms with E-state index in [-0.39, 0.29) is 5.75 Å². The Balaban J connectivity index is 0. The summed E-state index contributed by atoms with van der Waals surface area (Å²) in [6, 6.07) is 0. The van der Waals surface area contributed by atoms with Crippen molar-refractivity contribution in [2.45, 2.75) is 214 Å². The lowest BCUT2D eigenvalue weighted by Crippen LogP contribution is -2.50. The summed E-state index contributed by atoms with van der Waals surface area (Å²) in [4.78, 5) is 0. The fourth-order valence-electron chi connectivity index (χ4n) is 6.26. The van der Waals surface area contributed by atoms with Gasteiger partial charge in [0.2, 0.25) is 0 Å². The number of hydrogen-bond donors (Lipinski definition) is 1. The normalized spacial score (nSPS) is 12.0. The second-order valence-corrected chi connectivity index (χ2v) is 15.2. The second kappa shape index (κ2) is 34.7. The van der Waals surface area contributed by atoms with Crippen molar-refractivity contribution in [3.05, 3.63) is 0 Å². The number of rotatable bonds is 33. The summed E-state index contributed by atoms with van der Waals surface area (Å²) in [5.41, 5.74) is 0. The first kappa shape index (κ1) is 45.0. The minimum absolute atomic E-state index is 0.0799. The smallest absolute Gasteiger partial charge is 0.264 e. The van der Waals surface area contributed by atoms with Gasteiger partial charge in [-0.05, 0) is 51.9 Å². The van der Waals surface area contributed by atoms with Gasteiger partial charge in [0.25, 0.3) is 10.1 Å². The zero-order valence-corrected chi connectivity index (χ0v) is 31.3. The lowest BCUT2D eigenvalue weighted by atomic mass is 10.1. The van der Waals surface area contributed by atoms with Crippen LogP contribution in [-0.4, -0.2) is 49.4 Å². The van der Waals surface area contributed by atoms with Crippen molar-refractivity contribution in [2.75, 3.05) is 31.9 Å². The third-order valence-corrected chi connectivity index (χ3v) is 10.2. The van der Waals surface area contributed by atoms with E-state index in [1.54, 1.807) is 0 Å². The maximum Gasteiger partial charge on any atom is 0.264 e. The molecule has 0 saturated carbocycles. The molecule has 262 valence electrons. The van der Waals surface area contributed by atoms with Crippen LogP contribution < -0.4 is 0 Å². The van der Waals surface area contributed by atoms with Crippen molar-refractivity contribution in [3.63, 3.8) is 0 Å². The van der Waals surface area contributed by atoms with E-state index in [2.05, 4.69) is 34.6 Å². The predicted molar refractivity (Wildman–Crippen MR) is 194 cm³/mol. The fraction of sp³-hybridized carbons (Fsp3) is 1.00. The summed E-state index contributed by atoms with van der Waals surface area (Å²) in [7, 11) is -3.73. The predicted octanol–water partition coefficient (Wildman–Crippen LogP) is 12.7. The van der Waals surface area contributed by atoms with Crippen LogP contribution in [0.15, 0.2) is 0 Å². The minimum atomic E-state index is -3.73. The largest absolute Gasteiger partial charge is 0.324 e. The molecule has 0 aromatic rings. The third-order valence-electron chi connectivity index (χ3n) is 9.38. The molecular weight excluding hydrogens is 550 g/mol. The molecule has 0 unspecified atom stereocenters. The van der Waals surface area contributed by atoms with Crippen molar-refractivity contribution in [2.24, 2.45) is 0 Å². The van der Waals surface area contributed by atoms with E-state index in [0.717, 1.165) is 12.8 Å². The maximum absolute atomic E-state index is 10.4. The van der Waals surface area contributed by atoms with Crippen molar-refractivity contribution in [1.29, 1.82) is 0 Å². The summed E-state index contributed by atoms with van der Waals surface area (Å²) in [6.45, 7) is 17.4. The van der Waals surface area contributed by atoms with E-state index < -0.39 is 10.1 Å². The molecule has 0 aliphatic rings. The van der Waals surface area contributed by atoms with Crippen LogP contribution in [0.4, 0.5) is 0 Å². The van der Waals surface area contributed by atoms with E-state index in [1.165, 1.54) is 191 Å². The fourth-order valence-corrected chi connectivity index (χ4v) is 6.83. The zero-order valence-electron chi connectivity index (χ0n) is 30.5. The first-order valence-corrected chi connectivity index (χ1v) is 21.2. The minimum Gasteiger partial charge on any atom is -0.324 e. The van der Waals surface area contributed by atoms with Crippen LogP contribution in [0.3, 0.4) is 0 Å². The molecule has 0 aromatic carbocycles. The Morgan fingerprint density at radius 1 is 0.372 bits per heavy atom. The third kappa shape index (κ3) is 36.2. The van der Waals surface area contributed by atoms with E-state index in [9.17, 15) is 8.42 Å². The molecular formula is C38H82NO3S+. The van der Waals surface area contributed by atoms with Gasteiger partial charge in [-0.15, -0.1) is 0 Å². The van der Waals surface area contributed by atoms with Gasteiger partial charge < -0.3 is 4.48 Å². The zero-order chi connectivity index (χ0) is 32.3. The standard InChI is InChI=1S/C26H56N.C12H26O3S/c1-5-9-12-15-18-21-24-27(8-4,25-22-19-16-13-10-6-2)26-23-20-17-14-11-7-3;1-2-3-4-5-6-7-8-9-10-11-12-16(13,14)15/h5-26H2,1-4H3;2-12H2,1H3,(H,13,14,15)/q+1;. The van der Waals surface area contributed by atoms with Crippen LogP contribution >= 0.6 is 0 Å². The number of nitrogens with zero attached hydrogens (tertiary/aromatic N) is 1. The Hall–Kier alpha value is -0.130. The topological polar surface area (TPSA) is 54.4 Å². The summed E-state index contributed by atoms with van der Waals surface area (Å²) >= 11 is 0. The van der Waals surface area contributed by atoms with Gasteiger partial charge in [0.1, 0.15) is 0 Å². The van der Waals surface area contributed by atoms with Gasteiger partial charge in [-0.3, -0.25) is 4.55 Å². The molecule has 5 heteroatoms. The van der Waals surface area contributed by atoms with Gasteiger partial charge in [0.05, 0.1) is 31.9 Å². The Kier molecular flexibility index (Phi) is 36.3. The molecule has 0 bridgehead atoms. The highest BCUT2D eigenvalue weighted by atomic mass is 32.2. The highest BCUT2D eigenvalue weighted by Crippen LogP contribution is 2.18. The summed E-state index contributed by atoms with van der Waals surface area (Å²) < 4.78 is 30.8. The molecule has 0 saturated heterocycles. The van der Waals surface area contributed by atoms with Crippen LogP contribution in [0.5, 0.6) is 0 Å². The SMILES string of the molecule is CCCCCCCCCCCCS(=O)(=O)O.CCCCCCCC[N+](CC)(CCCCCCCC)CCCCCCCC. The second-order valence-electron chi connectivity index (χ2n) is 13.6. The van der Waals surface area contributed by atoms with Gasteiger partial charge in [0.15, 0.2) is 0 Å². The van der Waals surface area contributed by atoms with Crippen LogP contribution in [0, 0.1) is 0 Å². The Morgan fingerprint density at radius 3 is 0.837 bits per heavy atom. The Morgan fingerprint density at radius 2 is 0.605 bits per heavy atom. The monoisotopic (exact) mass is 633 g/mol. The first-order chi connectivity index (χ1) is 20.8. The highest BCUT2D eigenvalue weighted by Gasteiger charge is 2.23. The number of unbranched alkanes of at least 4 members (excludes halogenated alkanes) is 24. The van der Waals surface area contributed by atoms with Crippen molar-refractivity contribution in [3.8, 4) is 0 Å². The summed E-state index contributed by atoms with van der Waals surface area (Å²) in [5, 5.41) is 0. The molecule has 0 heterocycles. The van der Waals surface area contributed by atoms with Gasteiger partial charge in [-0.2, -0.15) is 8.42 Å². The maximum atomic E-state index is 10.4. The molecule has 0 aliphatic carbocycles. The van der Waals surface area contributed by atoms with Gasteiger partial charge >= 0.3 is 0 Å². The Labute approximate surface area is 273 Å². The van der Waals surface area contributed by atoms with Gasteiger partial charge in [-0.25, -0.2) is 0 Å². The molecule has 0 rings (SSSR count). The quantitative estimate of drug-likeness (QED) is 0.0445. The average Bonchev–Trinajstić information content (AvgIpc) is 2.98. The molecule has 0 aromatic heterocycles. The van der Waals surface area contributed by atoms with E-state index >= 15 is 0 Å². The average molecular weight is 633 g/mol. The first-order valence-electron chi connectivity index (χ1n) is 19.6. The van der Waals surface area contributed by atoms with E-state index in [0.29, 0.717) is 6.42 Å². The lowest BCUT2D eigenvalue weighted by Gasteiger charge is -2.38. The highest BCUT2D eigenvalue weighted by molar-refractivity contribution is 7.85. The van der Waals surface area contributed by atoms with Crippen molar-refractivity contribution in [1.82, 2.24) is 0 Å². The summed E-state index contributed by atoms with van der Waals surface area (Å²) in [5.74, 6) is -0.0799. The molecule has 0 fully saturated rings. The molecule has 0 aliphatic heterocycles. The molecule has 1 N–H and O–H groups in total. The molecule has 0 amide bonds. The van der Waals surface area contributed by atoms with E-state index in [1.807, 2.05) is 0 Å². The molecule has 0 spiro atoms. The number of hydrogen-bond acceptors (Lipinski definition) is 2. The van der Waals surface area contributed by atoms with Crippen molar-refractivity contribution >= 4 is 10.1 Å². The molecule has 4 nitrogen and oxygen atoms in total. The van der Waals surface area contributed by atoms with Crippen LogP contribution in [0.1, 0.15) is 214 Å². The van der Waals surface area contributed by atoms with E-state index in [4.69, 9.17) is 4.55 Å². The summed E-state index contributed by atoms with van der Waals surface area (Å²) in [6.07, 6.45) is 37.6. The molecule has 0 radical (unpaired) electrons. The van der Waals surface area contributed by atoms with Gasteiger partial charge in [-0.1, -0.05) is 163 Å². The van der Waals surface area contributed by atoms with Gasteiger partial charge in [0, 0.05) is 0 Å². The molecule has 43 heavy (non-hydrogen) atoms. The van der Waals surface area contributed by atoms with Crippen LogP contribution in [-0.2, 0) is 10.1 Å². The van der Waals surface area contributed by atoms with Crippen LogP contribution in [0.2, 0.25) is 0 Å². The van der Waals surface area contributed by atoms with Crippen LogP contribution in [0.25, 0.3) is 0 Å². The number of quaternary nitrogens is 1. The van der Waals surface area contributed by atoms with Crippen molar-refractivity contribution < 1.29 is 17.5 Å². The lowest BCUT2D eigenvalue weighted by molar-refractivity contribution is -0.927.